The molecule has 1 heterocycles. The molecule has 1 atom stereocenters. The van der Waals surface area contributed by atoms with Crippen molar-refractivity contribution in [2.75, 3.05) is 13.2 Å². The average molecular weight is 299 g/mol. The fourth-order valence-corrected chi connectivity index (χ4v) is 1.98. The molecule has 1 aliphatic rings. The monoisotopic (exact) mass is 299 g/mol. The molecule has 0 radical (unpaired) electrons. The molecule has 0 aliphatic carbocycles. The quantitative estimate of drug-likeness (QED) is 0.507. The van der Waals surface area contributed by atoms with Gasteiger partial charge in [-0.3, -0.25) is 5.43 Å². The number of ether oxygens (including phenoxy) is 1. The predicted octanol–water partition coefficient (Wildman–Crippen LogP) is 1.94. The Morgan fingerprint density at radius 3 is 2.85 bits per heavy atom. The second kappa shape index (κ2) is 7.25. The predicted molar refractivity (Wildman–Crippen MR) is 76.7 cm³/mol. The molecule has 0 saturated carbocycles. The number of rotatable bonds is 4. The molecule has 0 aromatic heterocycles. The number of hydrazone groups is 1. The summed E-state index contributed by atoms with van der Waals surface area (Å²) in [7, 11) is 0. The van der Waals surface area contributed by atoms with E-state index in [1.54, 1.807) is 0 Å². The molecule has 2 rings (SSSR count). The maximum Gasteiger partial charge on any atom is 0.187 e. The molecule has 0 unspecified atom stereocenters. The van der Waals surface area contributed by atoms with E-state index < -0.39 is 11.6 Å². The minimum absolute atomic E-state index is 0.155. The van der Waals surface area contributed by atoms with Crippen molar-refractivity contribution in [1.29, 1.82) is 0 Å². The fourth-order valence-electron chi connectivity index (χ4n) is 1.84. The van der Waals surface area contributed by atoms with Gasteiger partial charge in [0.2, 0.25) is 0 Å². The first-order valence-corrected chi connectivity index (χ1v) is 6.70. The van der Waals surface area contributed by atoms with Gasteiger partial charge in [-0.2, -0.15) is 5.10 Å². The van der Waals surface area contributed by atoms with E-state index in [2.05, 4.69) is 15.8 Å². The lowest BCUT2D eigenvalue weighted by atomic mass is 10.2. The topological polar surface area (TPSA) is 45.7 Å². The van der Waals surface area contributed by atoms with E-state index in [4.69, 9.17) is 17.0 Å². The van der Waals surface area contributed by atoms with E-state index in [0.29, 0.717) is 6.54 Å². The highest BCUT2D eigenvalue weighted by molar-refractivity contribution is 7.80. The highest BCUT2D eigenvalue weighted by Crippen LogP contribution is 2.10. The van der Waals surface area contributed by atoms with Gasteiger partial charge >= 0.3 is 0 Å². The van der Waals surface area contributed by atoms with Crippen molar-refractivity contribution in [2.24, 2.45) is 5.10 Å². The lowest BCUT2D eigenvalue weighted by Gasteiger charge is -2.11. The van der Waals surface area contributed by atoms with Crippen LogP contribution >= 0.6 is 12.2 Å². The molecular weight excluding hydrogens is 284 g/mol. The number of nitrogens with one attached hydrogen (secondary N) is 2. The summed E-state index contributed by atoms with van der Waals surface area (Å²) in [6.45, 7) is 1.37. The van der Waals surface area contributed by atoms with Crippen LogP contribution in [0.15, 0.2) is 23.3 Å². The molecule has 0 bridgehead atoms. The fraction of sp³-hybridized carbons (Fsp3) is 0.385. The molecular formula is C13H15F2N3OS. The summed E-state index contributed by atoms with van der Waals surface area (Å²) in [5, 5.41) is 6.93. The van der Waals surface area contributed by atoms with Crippen molar-refractivity contribution in [2.45, 2.75) is 18.9 Å². The van der Waals surface area contributed by atoms with Gasteiger partial charge in [0.15, 0.2) is 5.11 Å². The van der Waals surface area contributed by atoms with Gasteiger partial charge in [-0.15, -0.1) is 0 Å². The average Bonchev–Trinajstić information content (AvgIpc) is 2.93. The first-order valence-electron chi connectivity index (χ1n) is 6.29. The Hall–Kier alpha value is -1.60. The van der Waals surface area contributed by atoms with Gasteiger partial charge < -0.3 is 10.1 Å². The van der Waals surface area contributed by atoms with Gasteiger partial charge in [0.05, 0.1) is 17.9 Å². The Bertz CT molecular complexity index is 484. The molecule has 1 aromatic carbocycles. The third-order valence-corrected chi connectivity index (χ3v) is 3.11. The Morgan fingerprint density at radius 1 is 1.45 bits per heavy atom. The zero-order valence-corrected chi connectivity index (χ0v) is 11.6. The SMILES string of the molecule is Fc1cccc(F)c1/C=N\NC(=S)NC[C@@H]1CCCO1. The van der Waals surface area contributed by atoms with Crippen LogP contribution in [0.1, 0.15) is 18.4 Å². The standard InChI is InChI=1S/C13H15F2N3OS/c14-11-4-1-5-12(15)10(11)8-17-18-13(20)16-7-9-3-2-6-19-9/h1,4-5,8-9H,2-3,6-7H2,(H2,16,18,20)/b17-8-/t9-/m0/s1. The van der Waals surface area contributed by atoms with Crippen LogP contribution in [0, 0.1) is 11.6 Å². The maximum atomic E-state index is 13.3. The Balaban J connectivity index is 1.79. The first kappa shape index (κ1) is 14.8. The molecule has 1 aromatic rings. The Labute approximate surface area is 121 Å². The number of thiocarbonyl (C=S) groups is 1. The summed E-state index contributed by atoms with van der Waals surface area (Å²) in [5.74, 6) is -1.34. The third-order valence-electron chi connectivity index (χ3n) is 2.87. The Morgan fingerprint density at radius 2 is 2.20 bits per heavy atom. The zero-order valence-electron chi connectivity index (χ0n) is 10.7. The highest BCUT2D eigenvalue weighted by Gasteiger charge is 2.15. The number of hydrogen-bond acceptors (Lipinski definition) is 3. The van der Waals surface area contributed by atoms with E-state index in [-0.39, 0.29) is 16.8 Å². The smallest absolute Gasteiger partial charge is 0.187 e. The first-order chi connectivity index (χ1) is 9.66. The molecule has 20 heavy (non-hydrogen) atoms. The maximum absolute atomic E-state index is 13.3. The van der Waals surface area contributed by atoms with Gasteiger partial charge in [-0.05, 0) is 37.2 Å². The summed E-state index contributed by atoms with van der Waals surface area (Å²) in [6.07, 6.45) is 3.27. The van der Waals surface area contributed by atoms with E-state index >= 15 is 0 Å². The zero-order chi connectivity index (χ0) is 14.4. The number of benzene rings is 1. The van der Waals surface area contributed by atoms with Crippen LogP contribution in [0.25, 0.3) is 0 Å². The van der Waals surface area contributed by atoms with Crippen LogP contribution in [0.2, 0.25) is 0 Å². The second-order valence-corrected chi connectivity index (χ2v) is 4.76. The van der Waals surface area contributed by atoms with Crippen molar-refractivity contribution in [3.8, 4) is 0 Å². The minimum Gasteiger partial charge on any atom is -0.376 e. The minimum atomic E-state index is -0.672. The largest absolute Gasteiger partial charge is 0.376 e. The van der Waals surface area contributed by atoms with Crippen molar-refractivity contribution < 1.29 is 13.5 Å². The molecule has 108 valence electrons. The Kier molecular flexibility index (Phi) is 5.37. The summed E-state index contributed by atoms with van der Waals surface area (Å²) in [6, 6.07) is 3.63. The van der Waals surface area contributed by atoms with Crippen LogP contribution < -0.4 is 10.7 Å². The van der Waals surface area contributed by atoms with Gasteiger partial charge in [0.25, 0.3) is 0 Å². The van der Waals surface area contributed by atoms with Crippen LogP contribution in [-0.4, -0.2) is 30.6 Å². The van der Waals surface area contributed by atoms with E-state index in [1.807, 2.05) is 0 Å². The van der Waals surface area contributed by atoms with Crippen LogP contribution in [0.4, 0.5) is 8.78 Å². The summed E-state index contributed by atoms with van der Waals surface area (Å²) in [5.41, 5.74) is 2.30. The van der Waals surface area contributed by atoms with E-state index in [9.17, 15) is 8.78 Å². The van der Waals surface area contributed by atoms with Crippen LogP contribution in [-0.2, 0) is 4.74 Å². The molecule has 2 N–H and O–H groups in total. The van der Waals surface area contributed by atoms with Gasteiger partial charge in [-0.1, -0.05) is 6.07 Å². The van der Waals surface area contributed by atoms with Crippen molar-refractivity contribution in [3.05, 3.63) is 35.4 Å². The molecule has 0 amide bonds. The number of nitrogens with zero attached hydrogens (tertiary/aromatic N) is 1. The molecule has 4 nitrogen and oxygen atoms in total. The summed E-state index contributed by atoms with van der Waals surface area (Å²) < 4.78 is 32.0. The molecule has 1 aliphatic heterocycles. The molecule has 1 fully saturated rings. The van der Waals surface area contributed by atoms with Gasteiger partial charge in [0, 0.05) is 13.2 Å². The van der Waals surface area contributed by atoms with E-state index in [0.717, 1.165) is 25.7 Å². The lowest BCUT2D eigenvalue weighted by Crippen LogP contribution is -2.37. The third kappa shape index (κ3) is 4.21. The lowest BCUT2D eigenvalue weighted by molar-refractivity contribution is 0.114. The summed E-state index contributed by atoms with van der Waals surface area (Å²) >= 11 is 4.99. The summed E-state index contributed by atoms with van der Waals surface area (Å²) in [4.78, 5) is 0. The van der Waals surface area contributed by atoms with Crippen LogP contribution in [0.5, 0.6) is 0 Å². The molecule has 0 spiro atoms. The normalized spacial score (nSPS) is 18.4. The highest BCUT2D eigenvalue weighted by atomic mass is 32.1. The van der Waals surface area contributed by atoms with Gasteiger partial charge in [-0.25, -0.2) is 8.78 Å². The van der Waals surface area contributed by atoms with Crippen molar-refractivity contribution in [1.82, 2.24) is 10.7 Å². The van der Waals surface area contributed by atoms with Gasteiger partial charge in [0.1, 0.15) is 11.6 Å². The van der Waals surface area contributed by atoms with Crippen molar-refractivity contribution >= 4 is 23.5 Å². The van der Waals surface area contributed by atoms with E-state index in [1.165, 1.54) is 18.2 Å². The second-order valence-electron chi connectivity index (χ2n) is 4.35. The molecule has 1 saturated heterocycles. The van der Waals surface area contributed by atoms with Crippen LogP contribution in [0.3, 0.4) is 0 Å². The van der Waals surface area contributed by atoms with Crippen molar-refractivity contribution in [3.63, 3.8) is 0 Å². The number of halogens is 2. The number of hydrogen-bond donors (Lipinski definition) is 2. The molecule has 7 heteroatoms.